The molecule has 0 saturated carbocycles. The van der Waals surface area contributed by atoms with Gasteiger partial charge in [0.1, 0.15) is 0 Å². The molecule has 1 aliphatic rings. The van der Waals surface area contributed by atoms with Crippen molar-refractivity contribution < 1.29 is 36.1 Å². The van der Waals surface area contributed by atoms with Crippen LogP contribution in [0, 0.1) is 10.1 Å². The molecule has 2 rings (SSSR count). The van der Waals surface area contributed by atoms with E-state index >= 15 is 0 Å². The molecule has 0 radical (unpaired) electrons. The van der Waals surface area contributed by atoms with Gasteiger partial charge >= 0.3 is 18.3 Å². The number of hydrogen-bond donors (Lipinski definition) is 0. The molecule has 24 heavy (non-hydrogen) atoms. The number of aromatic nitrogens is 1. The van der Waals surface area contributed by atoms with Gasteiger partial charge in [-0.3, -0.25) is 14.9 Å². The van der Waals surface area contributed by atoms with E-state index in [9.17, 15) is 41.3 Å². The third-order valence-corrected chi connectivity index (χ3v) is 3.44. The Kier molecular flexibility index (Phi) is 4.42. The summed E-state index contributed by atoms with van der Waals surface area (Å²) in [7, 11) is 0. The van der Waals surface area contributed by atoms with Crippen LogP contribution in [0.5, 0.6) is 0 Å². The van der Waals surface area contributed by atoms with Crippen LogP contribution in [0.1, 0.15) is 17.0 Å². The summed E-state index contributed by atoms with van der Waals surface area (Å²) in [5, 5.41) is 10.8. The van der Waals surface area contributed by atoms with E-state index in [2.05, 4.69) is 4.98 Å². The number of hydrogen-bond acceptors (Lipinski definition) is 4. The standard InChI is InChI=1S/C12H9F6N3O3/c13-11(14,15)9-8(21(23)24)5-6-1-3-20(4-2-7(6)19-9)10(22)12(16,17)18/h5H,1-4H2. The normalized spacial score (nSPS) is 15.7. The summed E-state index contributed by atoms with van der Waals surface area (Å²) >= 11 is 0. The average molecular weight is 357 g/mol. The minimum absolute atomic E-state index is 0.0205. The summed E-state index contributed by atoms with van der Waals surface area (Å²) in [6, 6.07) is 0.659. The molecule has 0 atom stereocenters. The first kappa shape index (κ1) is 17.9. The van der Waals surface area contributed by atoms with Gasteiger partial charge in [0.15, 0.2) is 0 Å². The Morgan fingerprint density at radius 1 is 1.17 bits per heavy atom. The lowest BCUT2D eigenvalue weighted by Gasteiger charge is -2.21. The number of fused-ring (bicyclic) bond motifs is 1. The summed E-state index contributed by atoms with van der Waals surface area (Å²) < 4.78 is 75.9. The first-order chi connectivity index (χ1) is 10.9. The molecule has 0 N–H and O–H groups in total. The summed E-state index contributed by atoms with van der Waals surface area (Å²) in [6.45, 7) is -0.900. The van der Waals surface area contributed by atoms with Crippen LogP contribution < -0.4 is 0 Å². The second-order valence-corrected chi connectivity index (χ2v) is 5.01. The van der Waals surface area contributed by atoms with Gasteiger partial charge in [-0.15, -0.1) is 0 Å². The number of nitrogens with zero attached hydrogens (tertiary/aromatic N) is 3. The Labute approximate surface area is 130 Å². The van der Waals surface area contributed by atoms with E-state index in [1.165, 1.54) is 0 Å². The number of amides is 1. The lowest BCUT2D eigenvalue weighted by atomic mass is 10.1. The molecule has 6 nitrogen and oxygen atoms in total. The van der Waals surface area contributed by atoms with Crippen LogP contribution in [0.4, 0.5) is 32.0 Å². The van der Waals surface area contributed by atoms with Crippen LogP contribution in [-0.4, -0.2) is 40.0 Å². The molecule has 12 heteroatoms. The number of carbonyl (C=O) groups excluding carboxylic acids is 1. The molecule has 1 aromatic rings. The minimum atomic E-state index is -5.10. The highest BCUT2D eigenvalue weighted by Crippen LogP contribution is 2.36. The molecule has 0 saturated heterocycles. The molecule has 0 bridgehead atoms. The van der Waals surface area contributed by atoms with Crippen LogP contribution >= 0.6 is 0 Å². The van der Waals surface area contributed by atoms with Crippen molar-refractivity contribution in [2.45, 2.75) is 25.2 Å². The molecule has 1 aliphatic heterocycles. The Morgan fingerprint density at radius 3 is 2.25 bits per heavy atom. The van der Waals surface area contributed by atoms with Crippen molar-refractivity contribution in [2.24, 2.45) is 0 Å². The fourth-order valence-corrected chi connectivity index (χ4v) is 2.35. The van der Waals surface area contributed by atoms with Crippen molar-refractivity contribution in [1.29, 1.82) is 0 Å². The second kappa shape index (κ2) is 5.91. The highest BCUT2D eigenvalue weighted by Gasteiger charge is 2.44. The zero-order valence-electron chi connectivity index (χ0n) is 11.7. The fraction of sp³-hybridized carbons (Fsp3) is 0.500. The Hall–Kier alpha value is -2.40. The van der Waals surface area contributed by atoms with Crippen molar-refractivity contribution in [3.05, 3.63) is 33.1 Å². The van der Waals surface area contributed by atoms with Crippen molar-refractivity contribution in [3.63, 3.8) is 0 Å². The lowest BCUT2D eigenvalue weighted by molar-refractivity contribution is -0.388. The quantitative estimate of drug-likeness (QED) is 0.440. The zero-order chi connectivity index (χ0) is 18.3. The maximum Gasteiger partial charge on any atom is 0.471 e. The molecular formula is C12H9F6N3O3. The Morgan fingerprint density at radius 2 is 1.75 bits per heavy atom. The van der Waals surface area contributed by atoms with Gasteiger partial charge in [-0.2, -0.15) is 26.3 Å². The van der Waals surface area contributed by atoms with E-state index in [1.807, 2.05) is 0 Å². The number of alkyl halides is 6. The number of pyridine rings is 1. The highest BCUT2D eigenvalue weighted by molar-refractivity contribution is 5.82. The molecular weight excluding hydrogens is 348 g/mol. The van der Waals surface area contributed by atoms with E-state index in [-0.39, 0.29) is 24.1 Å². The number of halogens is 6. The summed E-state index contributed by atoms with van der Waals surface area (Å²) in [5.74, 6) is -2.11. The smallest absolute Gasteiger partial charge is 0.334 e. The number of carbonyl (C=O) groups is 1. The lowest BCUT2D eigenvalue weighted by Crippen LogP contribution is -2.42. The molecule has 0 fully saturated rings. The maximum absolute atomic E-state index is 12.9. The van der Waals surface area contributed by atoms with Gasteiger partial charge in [0.05, 0.1) is 4.92 Å². The van der Waals surface area contributed by atoms with Gasteiger partial charge in [-0.25, -0.2) is 4.98 Å². The van der Waals surface area contributed by atoms with Crippen molar-refractivity contribution in [3.8, 4) is 0 Å². The van der Waals surface area contributed by atoms with Gasteiger partial charge in [0.25, 0.3) is 5.69 Å². The van der Waals surface area contributed by atoms with Gasteiger partial charge in [0, 0.05) is 31.3 Å². The van der Waals surface area contributed by atoms with Gasteiger partial charge in [-0.1, -0.05) is 0 Å². The first-order valence-electron chi connectivity index (χ1n) is 6.51. The average Bonchev–Trinajstić information content (AvgIpc) is 2.65. The van der Waals surface area contributed by atoms with E-state index < -0.39 is 47.7 Å². The fourth-order valence-electron chi connectivity index (χ4n) is 2.35. The predicted octanol–water partition coefficient (Wildman–Crippen LogP) is 2.50. The number of rotatable bonds is 1. The summed E-state index contributed by atoms with van der Waals surface area (Å²) in [6.07, 6.45) is -10.8. The molecule has 1 aromatic heterocycles. The highest BCUT2D eigenvalue weighted by atomic mass is 19.4. The van der Waals surface area contributed by atoms with Crippen LogP contribution in [0.3, 0.4) is 0 Å². The van der Waals surface area contributed by atoms with Gasteiger partial charge < -0.3 is 4.90 Å². The van der Waals surface area contributed by atoms with Crippen molar-refractivity contribution in [1.82, 2.24) is 9.88 Å². The molecule has 1 amide bonds. The van der Waals surface area contributed by atoms with Gasteiger partial charge in [-0.05, 0) is 12.0 Å². The zero-order valence-corrected chi connectivity index (χ0v) is 11.7. The van der Waals surface area contributed by atoms with E-state index in [0.29, 0.717) is 11.0 Å². The second-order valence-electron chi connectivity index (χ2n) is 5.01. The molecule has 0 aliphatic carbocycles. The SMILES string of the molecule is O=C(N1CCc2cc([N+](=O)[O-])c(C(F)(F)F)nc2CC1)C(F)(F)F. The summed E-state index contributed by atoms with van der Waals surface area (Å²) in [5.41, 5.74) is -3.16. The van der Waals surface area contributed by atoms with Crippen molar-refractivity contribution in [2.75, 3.05) is 13.1 Å². The van der Waals surface area contributed by atoms with Crippen LogP contribution in [-0.2, 0) is 23.8 Å². The minimum Gasteiger partial charge on any atom is -0.334 e. The largest absolute Gasteiger partial charge is 0.471 e. The Bertz CT molecular complexity index is 686. The van der Waals surface area contributed by atoms with E-state index in [1.54, 1.807) is 0 Å². The van der Waals surface area contributed by atoms with Gasteiger partial charge in [0.2, 0.25) is 5.69 Å². The van der Waals surface area contributed by atoms with E-state index in [4.69, 9.17) is 0 Å². The van der Waals surface area contributed by atoms with Crippen LogP contribution in [0.25, 0.3) is 0 Å². The summed E-state index contributed by atoms with van der Waals surface area (Å²) in [4.78, 5) is 24.4. The topological polar surface area (TPSA) is 76.3 Å². The van der Waals surface area contributed by atoms with Crippen molar-refractivity contribution >= 4 is 11.6 Å². The van der Waals surface area contributed by atoms with Crippen LogP contribution in [0.15, 0.2) is 6.07 Å². The molecule has 132 valence electrons. The predicted molar refractivity (Wildman–Crippen MR) is 65.9 cm³/mol. The van der Waals surface area contributed by atoms with E-state index in [0.717, 1.165) is 0 Å². The monoisotopic (exact) mass is 357 g/mol. The molecule has 2 heterocycles. The third kappa shape index (κ3) is 3.57. The third-order valence-electron chi connectivity index (χ3n) is 3.44. The maximum atomic E-state index is 12.9. The van der Waals surface area contributed by atoms with Crippen LogP contribution in [0.2, 0.25) is 0 Å². The first-order valence-corrected chi connectivity index (χ1v) is 6.51. The Balaban J connectivity index is 2.39. The number of nitro groups is 1. The molecule has 0 aromatic carbocycles. The molecule has 0 unspecified atom stereocenters. The molecule has 0 spiro atoms.